The first-order valence-corrected chi connectivity index (χ1v) is 25.9. The van der Waals surface area contributed by atoms with Crippen molar-refractivity contribution in [2.75, 3.05) is 125 Å². The zero-order chi connectivity index (χ0) is 56.6. The zero-order valence-electron chi connectivity index (χ0n) is 48.0. The molecule has 2 aliphatic rings. The number of carbonyl (C=O) groups is 4. The zero-order valence-corrected chi connectivity index (χ0v) is 52.3. The number of halogens is 2. The van der Waals surface area contributed by atoms with Crippen molar-refractivity contribution in [1.29, 1.82) is 0 Å². The number of benzene rings is 4. The van der Waals surface area contributed by atoms with Gasteiger partial charge in [0.2, 0.25) is 23.7 Å². The number of ether oxygens (including phenoxy) is 14. The Morgan fingerprint density at radius 2 is 0.887 bits per heavy atom. The first kappa shape index (κ1) is 66.7. The average molecular weight is 1350 g/mol. The molecule has 0 aliphatic carbocycles. The van der Waals surface area contributed by atoms with Crippen molar-refractivity contribution >= 4 is 24.9 Å². The minimum absolute atomic E-state index is 0. The lowest BCUT2D eigenvalue weighted by atomic mass is 9.85. The third-order valence-electron chi connectivity index (χ3n) is 15.3. The molecule has 0 saturated heterocycles. The van der Waals surface area contributed by atoms with E-state index in [1.807, 2.05) is 62.6 Å². The molecule has 0 radical (unpaired) electrons. The molecule has 4 aromatic carbocycles. The van der Waals surface area contributed by atoms with Gasteiger partial charge in [-0.1, -0.05) is 6.07 Å². The van der Waals surface area contributed by atoms with Gasteiger partial charge < -0.3 is 123 Å². The number of unbranched alkanes of at least 4 members (excludes halogenated alkanes) is 3. The van der Waals surface area contributed by atoms with Crippen LogP contribution in [0, 0.1) is 0 Å². The van der Waals surface area contributed by atoms with Gasteiger partial charge in [0.15, 0.2) is 46.0 Å². The SMILES string of the molecule is COc1cc2c(cc1OC)C(Cc1cc(OC)c(OC)c(OC)c1)[N+](C)(CC(OC=O)C(=O)OCCCCCCOC(=O)C(C[N+]1(C)CCc3cc(OC)c(OC)cc3C1Cc1ccc(OC)c(OC)c1OC)OC=O)CC2.[I-].[I-]. The molecule has 22 heteroatoms. The number of quaternary nitrogens is 2. The van der Waals surface area contributed by atoms with Gasteiger partial charge >= 0.3 is 11.9 Å². The highest BCUT2D eigenvalue weighted by Gasteiger charge is 2.46. The fraction of sp³-hybridized carbons (Fsp3) is 0.517. The monoisotopic (exact) mass is 1340 g/mol. The Bertz CT molecular complexity index is 2690. The van der Waals surface area contributed by atoms with E-state index in [-0.39, 0.29) is 99.3 Å². The Morgan fingerprint density at radius 3 is 1.27 bits per heavy atom. The maximum absolute atomic E-state index is 13.8. The summed E-state index contributed by atoms with van der Waals surface area (Å²) in [6, 6.07) is 14.9. The van der Waals surface area contributed by atoms with Gasteiger partial charge in [0, 0.05) is 42.4 Å². The molecule has 0 N–H and O–H groups in total. The fourth-order valence-electron chi connectivity index (χ4n) is 11.1. The average Bonchev–Trinajstić information content (AvgIpc) is 3.49. The summed E-state index contributed by atoms with van der Waals surface area (Å²) in [6.07, 6.45) is 2.14. The van der Waals surface area contributed by atoms with Crippen molar-refractivity contribution in [1.82, 2.24) is 0 Å². The maximum Gasteiger partial charge on any atom is 0.353 e. The first-order valence-electron chi connectivity index (χ1n) is 25.9. The van der Waals surface area contributed by atoms with E-state index in [1.54, 1.807) is 71.1 Å². The highest BCUT2D eigenvalue weighted by Crippen LogP contribution is 2.48. The molecule has 0 spiro atoms. The number of carbonyl (C=O) groups excluding carboxylic acids is 4. The number of likely N-dealkylation sites (N-methyl/N-ethyl adjacent to an activating group) is 2. The lowest BCUT2D eigenvalue weighted by Gasteiger charge is -2.46. The van der Waals surface area contributed by atoms with Crippen LogP contribution in [0.2, 0.25) is 0 Å². The molecule has 6 atom stereocenters. The molecular weight excluding hydrogens is 1270 g/mol. The molecule has 0 saturated carbocycles. The van der Waals surface area contributed by atoms with Crippen LogP contribution in [0.3, 0.4) is 0 Å². The van der Waals surface area contributed by atoms with E-state index < -0.39 is 24.1 Å². The summed E-state index contributed by atoms with van der Waals surface area (Å²) in [5, 5.41) is 0. The smallest absolute Gasteiger partial charge is 0.353 e. The van der Waals surface area contributed by atoms with Gasteiger partial charge in [-0.05, 0) is 84.8 Å². The molecule has 2 aliphatic heterocycles. The minimum atomic E-state index is -1.20. The predicted molar refractivity (Wildman–Crippen MR) is 286 cm³/mol. The van der Waals surface area contributed by atoms with Crippen LogP contribution in [-0.4, -0.2) is 171 Å². The Labute approximate surface area is 503 Å². The molecule has 80 heavy (non-hydrogen) atoms. The molecule has 0 amide bonds. The van der Waals surface area contributed by atoms with Crippen LogP contribution in [-0.2, 0) is 63.8 Å². The lowest BCUT2D eigenvalue weighted by Crippen LogP contribution is -3.00. The quantitative estimate of drug-likeness (QED) is 0.0171. The van der Waals surface area contributed by atoms with Gasteiger partial charge in [-0.2, -0.15) is 0 Å². The lowest BCUT2D eigenvalue weighted by molar-refractivity contribution is -0.943. The summed E-state index contributed by atoms with van der Waals surface area (Å²) < 4.78 is 80.0. The van der Waals surface area contributed by atoms with Gasteiger partial charge in [-0.25, -0.2) is 9.59 Å². The van der Waals surface area contributed by atoms with Crippen LogP contribution in [0.25, 0.3) is 0 Å². The van der Waals surface area contributed by atoms with Crippen molar-refractivity contribution in [3.8, 4) is 57.5 Å². The Hall–Kier alpha value is -5.86. The number of rotatable bonds is 31. The third-order valence-corrected chi connectivity index (χ3v) is 15.3. The topological polar surface area (TPSA) is 197 Å². The highest BCUT2D eigenvalue weighted by atomic mass is 127. The second-order valence-electron chi connectivity index (χ2n) is 19.7. The Kier molecular flexibility index (Phi) is 26.1. The number of hydrogen-bond donors (Lipinski definition) is 0. The van der Waals surface area contributed by atoms with Gasteiger partial charge in [-0.15, -0.1) is 0 Å². The summed E-state index contributed by atoms with van der Waals surface area (Å²) in [5.41, 5.74) is 5.85. The van der Waals surface area contributed by atoms with Crippen LogP contribution in [0.1, 0.15) is 71.1 Å². The largest absolute Gasteiger partial charge is 1.00 e. The normalized spacial score (nSPS) is 18.6. The molecule has 2 heterocycles. The van der Waals surface area contributed by atoms with E-state index in [9.17, 15) is 19.2 Å². The number of esters is 2. The van der Waals surface area contributed by atoms with Crippen LogP contribution in [0.4, 0.5) is 0 Å². The molecule has 6 rings (SSSR count). The van der Waals surface area contributed by atoms with Crippen molar-refractivity contribution in [3.05, 3.63) is 81.9 Å². The van der Waals surface area contributed by atoms with Gasteiger partial charge in [0.25, 0.3) is 12.9 Å². The van der Waals surface area contributed by atoms with Crippen LogP contribution < -0.4 is 95.3 Å². The van der Waals surface area contributed by atoms with Crippen LogP contribution in [0.5, 0.6) is 57.5 Å². The standard InChI is InChI=1S/C58H78N2O18.2HI/c1-59(21-19-38-29-46(66-4)48(68-6)31-41(38)43(59)25-37-26-50(70-8)55(73-11)51(27-37)71-9)33-52(77-35-61)57(63)75-23-15-13-14-16-24-76-58(64)53(78-36-62)34-60(2)22-20-39-30-47(67-5)49(69-7)32-42(39)44(60)28-40-17-18-45(65-3)56(74-12)54(40)72-10;;/h17-18,26-27,29-32,35-36,43-44,52-53H,13-16,19-25,28,33-34H2,1-12H3;2*1H/q+2;;/p-2. The van der Waals surface area contributed by atoms with Gasteiger partial charge in [-0.3, -0.25) is 9.59 Å². The maximum atomic E-state index is 13.8. The molecule has 0 bridgehead atoms. The number of nitrogens with zero attached hydrogens (tertiary/aromatic N) is 2. The molecule has 0 aromatic heterocycles. The minimum Gasteiger partial charge on any atom is -1.00 e. The number of hydrogen-bond acceptors (Lipinski definition) is 18. The summed E-state index contributed by atoms with van der Waals surface area (Å²) in [7, 11) is 19.8. The first-order chi connectivity index (χ1) is 37.7. The van der Waals surface area contributed by atoms with Crippen molar-refractivity contribution in [3.63, 3.8) is 0 Å². The summed E-state index contributed by atoms with van der Waals surface area (Å²) in [4.78, 5) is 51.4. The number of fused-ring (bicyclic) bond motifs is 2. The number of methoxy groups -OCH3 is 10. The predicted octanol–water partition coefficient (Wildman–Crippen LogP) is 0.784. The van der Waals surface area contributed by atoms with Crippen molar-refractivity contribution < 1.29 is 142 Å². The van der Waals surface area contributed by atoms with Crippen molar-refractivity contribution in [2.24, 2.45) is 0 Å². The Balaban J connectivity index is 0.00000689. The Morgan fingerprint density at radius 1 is 0.487 bits per heavy atom. The molecule has 442 valence electrons. The van der Waals surface area contributed by atoms with E-state index >= 15 is 0 Å². The third kappa shape index (κ3) is 15.4. The summed E-state index contributed by atoms with van der Waals surface area (Å²) >= 11 is 0. The highest BCUT2D eigenvalue weighted by molar-refractivity contribution is 5.76. The van der Waals surface area contributed by atoms with Crippen LogP contribution >= 0.6 is 0 Å². The molecular formula is C58H78I2N2O18. The van der Waals surface area contributed by atoms with E-state index in [1.165, 1.54) is 0 Å². The second kappa shape index (κ2) is 31.4. The van der Waals surface area contributed by atoms with E-state index in [0.29, 0.717) is 131 Å². The van der Waals surface area contributed by atoms with E-state index in [0.717, 1.165) is 33.4 Å². The molecule has 4 aromatic rings. The molecule has 20 nitrogen and oxygen atoms in total. The van der Waals surface area contributed by atoms with Gasteiger partial charge in [0.05, 0.1) is 111 Å². The second-order valence-corrected chi connectivity index (χ2v) is 19.7. The van der Waals surface area contributed by atoms with Crippen molar-refractivity contribution in [2.45, 2.75) is 75.7 Å². The van der Waals surface area contributed by atoms with Crippen LogP contribution in [0.15, 0.2) is 48.5 Å². The van der Waals surface area contributed by atoms with E-state index in [4.69, 9.17) is 66.3 Å². The van der Waals surface area contributed by atoms with E-state index in [2.05, 4.69) is 0 Å². The molecule has 6 unspecified atom stereocenters. The molecule has 0 fully saturated rings. The summed E-state index contributed by atoms with van der Waals surface area (Å²) in [5.74, 6) is 3.99. The summed E-state index contributed by atoms with van der Waals surface area (Å²) in [6.45, 7) is 2.17. The van der Waals surface area contributed by atoms with Gasteiger partial charge in [0.1, 0.15) is 25.2 Å². The fourth-order valence-corrected chi connectivity index (χ4v) is 11.1.